The lowest BCUT2D eigenvalue weighted by molar-refractivity contribution is 0.0591. The molecule has 0 aliphatic heterocycles. The number of carbonyl (C=O) groups excluding carboxylic acids is 2. The van der Waals surface area contributed by atoms with Crippen molar-refractivity contribution >= 4 is 17.8 Å². The Labute approximate surface area is 160 Å². The summed E-state index contributed by atoms with van der Waals surface area (Å²) >= 11 is 0. The van der Waals surface area contributed by atoms with E-state index < -0.39 is 11.8 Å². The van der Waals surface area contributed by atoms with Crippen LogP contribution in [0.1, 0.15) is 32.1 Å². The van der Waals surface area contributed by atoms with Crippen LogP contribution >= 0.6 is 0 Å². The fourth-order valence-electron chi connectivity index (χ4n) is 2.69. The lowest BCUT2D eigenvalue weighted by Gasteiger charge is -2.10. The molecular formula is C22H15FN2O3. The number of allylic oxidation sites excluding steroid dienone is 1. The van der Waals surface area contributed by atoms with E-state index in [1.165, 1.54) is 37.5 Å². The second-order valence-electron chi connectivity index (χ2n) is 5.83. The summed E-state index contributed by atoms with van der Waals surface area (Å²) in [6.07, 6.45) is 2.94. The third kappa shape index (κ3) is 3.89. The summed E-state index contributed by atoms with van der Waals surface area (Å²) in [6.45, 7) is 0. The van der Waals surface area contributed by atoms with Crippen LogP contribution in [0.4, 0.5) is 4.39 Å². The first-order valence-corrected chi connectivity index (χ1v) is 8.32. The Bertz CT molecular complexity index is 1090. The van der Waals surface area contributed by atoms with E-state index in [4.69, 9.17) is 10.00 Å². The molecule has 3 aromatic rings. The third-order valence-corrected chi connectivity index (χ3v) is 4.09. The molecule has 0 N–H and O–H groups in total. The van der Waals surface area contributed by atoms with Crippen LogP contribution in [0.15, 0.2) is 66.7 Å². The number of esters is 1. The third-order valence-electron chi connectivity index (χ3n) is 4.09. The average molecular weight is 374 g/mol. The monoisotopic (exact) mass is 374 g/mol. The van der Waals surface area contributed by atoms with Crippen molar-refractivity contribution in [3.8, 4) is 11.8 Å². The first-order valence-electron chi connectivity index (χ1n) is 8.32. The average Bonchev–Trinajstić information content (AvgIpc) is 3.16. The Balaban J connectivity index is 1.97. The molecule has 138 valence electrons. The molecule has 0 saturated carbocycles. The highest BCUT2D eigenvalue weighted by Crippen LogP contribution is 2.20. The van der Waals surface area contributed by atoms with Gasteiger partial charge in [-0.2, -0.15) is 5.26 Å². The van der Waals surface area contributed by atoms with Gasteiger partial charge < -0.3 is 9.30 Å². The van der Waals surface area contributed by atoms with E-state index in [0.29, 0.717) is 22.5 Å². The van der Waals surface area contributed by atoms with Crippen LogP contribution in [0, 0.1) is 17.1 Å². The molecule has 0 saturated heterocycles. The van der Waals surface area contributed by atoms with E-state index in [1.54, 1.807) is 47.0 Å². The Morgan fingerprint density at radius 1 is 1.04 bits per heavy atom. The maximum absolute atomic E-state index is 13.3. The van der Waals surface area contributed by atoms with Gasteiger partial charge >= 0.3 is 5.97 Å². The molecule has 0 unspecified atom stereocenters. The highest BCUT2D eigenvalue weighted by Gasteiger charge is 2.16. The fourth-order valence-corrected chi connectivity index (χ4v) is 2.69. The summed E-state index contributed by atoms with van der Waals surface area (Å²) in [5.41, 5.74) is 2.25. The second kappa shape index (κ2) is 8.14. The molecule has 0 bridgehead atoms. The van der Waals surface area contributed by atoms with Gasteiger partial charge in [-0.15, -0.1) is 0 Å². The van der Waals surface area contributed by atoms with E-state index in [9.17, 15) is 14.0 Å². The van der Waals surface area contributed by atoms with Crippen LogP contribution in [0.3, 0.4) is 0 Å². The molecule has 5 nitrogen and oxygen atoms in total. The number of carbonyl (C=O) groups is 2. The fraction of sp³-hybridized carbons (Fsp3) is 0.0455. The zero-order chi connectivity index (χ0) is 20.1. The number of nitrogens with zero attached hydrogens (tertiary/aromatic N) is 2. The molecule has 0 radical (unpaired) electrons. The maximum Gasteiger partial charge on any atom is 0.355 e. The number of ether oxygens (including phenoxy) is 1. The topological polar surface area (TPSA) is 72.1 Å². The summed E-state index contributed by atoms with van der Waals surface area (Å²) in [7, 11) is 1.27. The van der Waals surface area contributed by atoms with Gasteiger partial charge in [-0.3, -0.25) is 4.79 Å². The summed E-state index contributed by atoms with van der Waals surface area (Å²) in [6, 6.07) is 17.1. The van der Waals surface area contributed by atoms with Gasteiger partial charge in [0.2, 0.25) is 0 Å². The van der Waals surface area contributed by atoms with Crippen molar-refractivity contribution in [2.75, 3.05) is 7.11 Å². The van der Waals surface area contributed by atoms with Crippen LogP contribution in [0.25, 0.3) is 11.8 Å². The van der Waals surface area contributed by atoms with Crippen molar-refractivity contribution in [3.05, 3.63) is 95.1 Å². The second-order valence-corrected chi connectivity index (χ2v) is 5.83. The van der Waals surface area contributed by atoms with Gasteiger partial charge in [0.1, 0.15) is 11.5 Å². The van der Waals surface area contributed by atoms with Gasteiger partial charge in [0, 0.05) is 16.9 Å². The molecule has 1 aromatic heterocycles. The number of rotatable bonds is 5. The molecule has 1 heterocycles. The normalized spacial score (nSPS) is 10.6. The molecule has 0 amide bonds. The zero-order valence-electron chi connectivity index (χ0n) is 14.9. The minimum atomic E-state index is -0.553. The summed E-state index contributed by atoms with van der Waals surface area (Å²) in [4.78, 5) is 24.5. The zero-order valence-corrected chi connectivity index (χ0v) is 14.9. The van der Waals surface area contributed by atoms with Crippen molar-refractivity contribution in [1.82, 2.24) is 4.57 Å². The Kier molecular flexibility index (Phi) is 5.47. The number of aromatic nitrogens is 1. The molecule has 28 heavy (non-hydrogen) atoms. The first kappa shape index (κ1) is 18.8. The van der Waals surface area contributed by atoms with Crippen molar-refractivity contribution < 1.29 is 18.7 Å². The van der Waals surface area contributed by atoms with Crippen molar-refractivity contribution in [1.29, 1.82) is 5.26 Å². The highest BCUT2D eigenvalue weighted by atomic mass is 19.1. The van der Waals surface area contributed by atoms with E-state index in [1.807, 2.05) is 6.07 Å². The van der Waals surface area contributed by atoms with Crippen LogP contribution < -0.4 is 0 Å². The first-order chi connectivity index (χ1) is 13.5. The van der Waals surface area contributed by atoms with Gasteiger partial charge in [0.25, 0.3) is 0 Å². The molecule has 0 aliphatic rings. The van der Waals surface area contributed by atoms with Gasteiger partial charge in [-0.1, -0.05) is 0 Å². The largest absolute Gasteiger partial charge is 0.464 e. The lowest BCUT2D eigenvalue weighted by Crippen LogP contribution is -2.10. The van der Waals surface area contributed by atoms with E-state index in [2.05, 4.69) is 0 Å². The highest BCUT2D eigenvalue weighted by molar-refractivity contribution is 6.06. The molecule has 3 rings (SSSR count). The number of halogens is 1. The molecule has 0 aliphatic carbocycles. The standard InChI is InChI=1S/C22H15FN2O3/c1-28-22(27)20-12-10-19(25(20)18-8-6-17(23)7-9-18)11-13-21(26)16-4-2-15(14-24)3-5-16/h2-13H,1H3. The van der Waals surface area contributed by atoms with E-state index in [-0.39, 0.29) is 11.5 Å². The molecule has 0 atom stereocenters. The van der Waals surface area contributed by atoms with Crippen LogP contribution in [0.5, 0.6) is 0 Å². The van der Waals surface area contributed by atoms with Gasteiger partial charge in [-0.05, 0) is 72.8 Å². The van der Waals surface area contributed by atoms with Crippen molar-refractivity contribution in [2.45, 2.75) is 0 Å². The predicted molar refractivity (Wildman–Crippen MR) is 102 cm³/mol. The van der Waals surface area contributed by atoms with Crippen LogP contribution in [-0.2, 0) is 4.74 Å². The van der Waals surface area contributed by atoms with E-state index in [0.717, 1.165) is 0 Å². The number of nitriles is 1. The Morgan fingerprint density at radius 2 is 1.71 bits per heavy atom. The predicted octanol–water partition coefficient (Wildman–Crippen LogP) is 4.17. The maximum atomic E-state index is 13.3. The summed E-state index contributed by atoms with van der Waals surface area (Å²) in [5.74, 6) is -1.21. The Hall–Kier alpha value is -3.98. The van der Waals surface area contributed by atoms with Crippen molar-refractivity contribution in [2.24, 2.45) is 0 Å². The molecule has 0 spiro atoms. The van der Waals surface area contributed by atoms with Crippen molar-refractivity contribution in [3.63, 3.8) is 0 Å². The molecule has 0 fully saturated rings. The number of methoxy groups -OCH3 is 1. The van der Waals surface area contributed by atoms with Gasteiger partial charge in [0.15, 0.2) is 5.78 Å². The molecule has 6 heteroatoms. The SMILES string of the molecule is COC(=O)c1ccc(C=CC(=O)c2ccc(C#N)cc2)n1-c1ccc(F)cc1. The molecular weight excluding hydrogens is 359 g/mol. The Morgan fingerprint density at radius 3 is 2.32 bits per heavy atom. The minimum absolute atomic E-state index is 0.250. The van der Waals surface area contributed by atoms with Gasteiger partial charge in [-0.25, -0.2) is 9.18 Å². The lowest BCUT2D eigenvalue weighted by atomic mass is 10.1. The summed E-state index contributed by atoms with van der Waals surface area (Å²) < 4.78 is 19.6. The number of hydrogen-bond donors (Lipinski definition) is 0. The smallest absolute Gasteiger partial charge is 0.355 e. The molecule has 2 aromatic carbocycles. The summed E-state index contributed by atoms with van der Waals surface area (Å²) in [5, 5.41) is 8.83. The number of benzene rings is 2. The van der Waals surface area contributed by atoms with Crippen LogP contribution in [0.2, 0.25) is 0 Å². The minimum Gasteiger partial charge on any atom is -0.464 e. The van der Waals surface area contributed by atoms with Gasteiger partial charge in [0.05, 0.1) is 18.7 Å². The van der Waals surface area contributed by atoms with Crippen LogP contribution in [-0.4, -0.2) is 23.4 Å². The number of hydrogen-bond acceptors (Lipinski definition) is 4. The van der Waals surface area contributed by atoms with E-state index >= 15 is 0 Å². The number of ketones is 1. The quantitative estimate of drug-likeness (QED) is 0.382.